The van der Waals surface area contributed by atoms with Gasteiger partial charge in [0.15, 0.2) is 0 Å². The molecule has 0 aromatic heterocycles. The lowest BCUT2D eigenvalue weighted by atomic mass is 10.1. The van der Waals surface area contributed by atoms with Gasteiger partial charge in [-0.2, -0.15) is 13.2 Å². The van der Waals surface area contributed by atoms with Crippen LogP contribution in [0.3, 0.4) is 0 Å². The van der Waals surface area contributed by atoms with Gasteiger partial charge in [0.05, 0.1) is 17.8 Å². The molecule has 3 amide bonds. The molecule has 0 bridgehead atoms. The Kier molecular flexibility index (Phi) is 7.24. The highest BCUT2D eigenvalue weighted by Gasteiger charge is 2.33. The third kappa shape index (κ3) is 5.88. The summed E-state index contributed by atoms with van der Waals surface area (Å²) in [4.78, 5) is 41.3. The van der Waals surface area contributed by atoms with Gasteiger partial charge in [0.2, 0.25) is 11.8 Å². The highest BCUT2D eigenvalue weighted by molar-refractivity contribution is 8.13. The van der Waals surface area contributed by atoms with E-state index >= 15 is 0 Å². The van der Waals surface area contributed by atoms with E-state index in [1.54, 1.807) is 14.7 Å². The fourth-order valence-corrected chi connectivity index (χ4v) is 4.26. The van der Waals surface area contributed by atoms with Crippen LogP contribution >= 0.6 is 11.8 Å². The molecule has 30 heavy (non-hydrogen) atoms. The SMILES string of the molecule is O=C(CN1CCN(C(=O)CCN2CCSC2=O)CC1)Nc1ccccc1C(F)(F)F. The average Bonchev–Trinajstić information content (AvgIpc) is 3.11. The van der Waals surface area contributed by atoms with E-state index in [0.717, 1.165) is 11.8 Å². The molecule has 0 aliphatic carbocycles. The number of hydrogen-bond acceptors (Lipinski definition) is 5. The fraction of sp³-hybridized carbons (Fsp3) is 0.526. The number of alkyl halides is 3. The second-order valence-electron chi connectivity index (χ2n) is 7.10. The number of amides is 3. The molecule has 0 radical (unpaired) electrons. The molecule has 2 aliphatic rings. The van der Waals surface area contributed by atoms with E-state index in [1.165, 1.54) is 30.0 Å². The van der Waals surface area contributed by atoms with E-state index < -0.39 is 17.6 Å². The molecule has 2 fully saturated rings. The number of anilines is 1. The number of carbonyl (C=O) groups excluding carboxylic acids is 3. The minimum absolute atomic E-state index is 0.00530. The first-order chi connectivity index (χ1) is 14.2. The van der Waals surface area contributed by atoms with Crippen molar-refractivity contribution in [3.63, 3.8) is 0 Å². The largest absolute Gasteiger partial charge is 0.418 e. The molecule has 2 heterocycles. The quantitative estimate of drug-likeness (QED) is 0.729. The molecule has 2 aliphatic heterocycles. The van der Waals surface area contributed by atoms with Crippen molar-refractivity contribution in [3.8, 4) is 0 Å². The predicted molar refractivity (Wildman–Crippen MR) is 107 cm³/mol. The van der Waals surface area contributed by atoms with E-state index in [9.17, 15) is 27.6 Å². The van der Waals surface area contributed by atoms with Crippen LogP contribution < -0.4 is 5.32 Å². The Bertz CT molecular complexity index is 797. The summed E-state index contributed by atoms with van der Waals surface area (Å²) in [5, 5.41) is 2.34. The zero-order valence-electron chi connectivity index (χ0n) is 16.3. The summed E-state index contributed by atoms with van der Waals surface area (Å²) in [7, 11) is 0. The van der Waals surface area contributed by atoms with E-state index in [4.69, 9.17) is 0 Å². The van der Waals surface area contributed by atoms with Gasteiger partial charge in [-0.25, -0.2) is 0 Å². The molecule has 1 aromatic rings. The fourth-order valence-electron chi connectivity index (χ4n) is 3.41. The predicted octanol–water partition coefficient (Wildman–Crippen LogP) is 2.35. The van der Waals surface area contributed by atoms with Gasteiger partial charge in [0.1, 0.15) is 0 Å². The van der Waals surface area contributed by atoms with Gasteiger partial charge < -0.3 is 15.1 Å². The molecule has 2 saturated heterocycles. The topological polar surface area (TPSA) is 73.0 Å². The zero-order valence-corrected chi connectivity index (χ0v) is 17.1. The molecule has 7 nitrogen and oxygen atoms in total. The van der Waals surface area contributed by atoms with Crippen molar-refractivity contribution in [2.75, 3.05) is 56.9 Å². The van der Waals surface area contributed by atoms with Crippen LogP contribution in [-0.2, 0) is 15.8 Å². The van der Waals surface area contributed by atoms with Crippen molar-refractivity contribution in [1.29, 1.82) is 0 Å². The Morgan fingerprint density at radius 1 is 1.07 bits per heavy atom. The molecule has 0 unspecified atom stereocenters. The molecule has 3 rings (SSSR count). The smallest absolute Gasteiger partial charge is 0.340 e. The lowest BCUT2D eigenvalue weighted by Gasteiger charge is -2.34. The molecule has 1 aromatic carbocycles. The second kappa shape index (κ2) is 9.69. The average molecular weight is 444 g/mol. The van der Waals surface area contributed by atoms with Crippen LogP contribution in [0, 0.1) is 0 Å². The summed E-state index contributed by atoms with van der Waals surface area (Å²) in [6.45, 7) is 2.82. The van der Waals surface area contributed by atoms with Gasteiger partial charge in [0, 0.05) is 51.4 Å². The highest BCUT2D eigenvalue weighted by atomic mass is 32.2. The van der Waals surface area contributed by atoms with Crippen LogP contribution in [0.2, 0.25) is 0 Å². The summed E-state index contributed by atoms with van der Waals surface area (Å²) in [5.74, 6) is 0.181. The number of piperazine rings is 1. The van der Waals surface area contributed by atoms with Crippen LogP contribution in [0.25, 0.3) is 0 Å². The number of nitrogens with zero attached hydrogens (tertiary/aromatic N) is 3. The molecule has 1 N–H and O–H groups in total. The third-order valence-corrected chi connectivity index (χ3v) is 5.93. The van der Waals surface area contributed by atoms with Crippen LogP contribution in [0.15, 0.2) is 24.3 Å². The van der Waals surface area contributed by atoms with Crippen molar-refractivity contribution in [2.24, 2.45) is 0 Å². The Morgan fingerprint density at radius 3 is 2.40 bits per heavy atom. The van der Waals surface area contributed by atoms with Gasteiger partial charge in [-0.05, 0) is 12.1 Å². The Hall–Kier alpha value is -2.27. The summed E-state index contributed by atoms with van der Waals surface area (Å²) < 4.78 is 39.1. The van der Waals surface area contributed by atoms with Gasteiger partial charge >= 0.3 is 6.18 Å². The van der Waals surface area contributed by atoms with E-state index in [1.807, 2.05) is 0 Å². The summed E-state index contributed by atoms with van der Waals surface area (Å²) in [6, 6.07) is 4.85. The summed E-state index contributed by atoms with van der Waals surface area (Å²) in [5.41, 5.74) is -1.15. The molecular weight excluding hydrogens is 421 g/mol. The number of thioether (sulfide) groups is 1. The van der Waals surface area contributed by atoms with Crippen molar-refractivity contribution < 1.29 is 27.6 Å². The van der Waals surface area contributed by atoms with Crippen molar-refractivity contribution in [3.05, 3.63) is 29.8 Å². The Balaban J connectivity index is 1.43. The monoisotopic (exact) mass is 444 g/mol. The number of halogens is 3. The summed E-state index contributed by atoms with van der Waals surface area (Å²) in [6.07, 6.45) is -4.28. The molecule has 11 heteroatoms. The number of para-hydroxylation sites is 1. The normalized spacial score (nSPS) is 18.0. The second-order valence-corrected chi connectivity index (χ2v) is 8.15. The molecule has 0 spiro atoms. The maximum atomic E-state index is 13.0. The first kappa shape index (κ1) is 22.4. The maximum Gasteiger partial charge on any atom is 0.418 e. The number of benzene rings is 1. The van der Waals surface area contributed by atoms with Gasteiger partial charge in [0.25, 0.3) is 5.24 Å². The minimum Gasteiger partial charge on any atom is -0.340 e. The van der Waals surface area contributed by atoms with E-state index in [0.29, 0.717) is 39.3 Å². The van der Waals surface area contributed by atoms with Crippen molar-refractivity contribution >= 4 is 34.5 Å². The van der Waals surface area contributed by atoms with Gasteiger partial charge in [-0.1, -0.05) is 23.9 Å². The van der Waals surface area contributed by atoms with Crippen LogP contribution in [-0.4, -0.2) is 83.3 Å². The third-order valence-electron chi connectivity index (χ3n) is 5.04. The van der Waals surface area contributed by atoms with Crippen LogP contribution in [0.1, 0.15) is 12.0 Å². The molecule has 0 atom stereocenters. The van der Waals surface area contributed by atoms with E-state index in [-0.39, 0.29) is 29.8 Å². The molecular formula is C19H23F3N4O3S. The van der Waals surface area contributed by atoms with Crippen LogP contribution in [0.4, 0.5) is 23.7 Å². The Morgan fingerprint density at radius 2 is 1.77 bits per heavy atom. The van der Waals surface area contributed by atoms with Gasteiger partial charge in [-0.15, -0.1) is 0 Å². The van der Waals surface area contributed by atoms with Crippen molar-refractivity contribution in [2.45, 2.75) is 12.6 Å². The summed E-state index contributed by atoms with van der Waals surface area (Å²) >= 11 is 1.26. The van der Waals surface area contributed by atoms with Crippen LogP contribution in [0.5, 0.6) is 0 Å². The first-order valence-electron chi connectivity index (χ1n) is 9.62. The standard InChI is InChI=1S/C19H23F3N4O3S/c20-19(21,22)14-3-1-2-4-15(14)23-16(27)13-24-7-9-25(10-8-24)17(28)5-6-26-11-12-30-18(26)29/h1-4H,5-13H2,(H,23,27). The number of carbonyl (C=O) groups is 3. The number of rotatable bonds is 6. The molecule has 0 saturated carbocycles. The Labute approximate surface area is 176 Å². The number of nitrogens with one attached hydrogen (secondary N) is 1. The highest BCUT2D eigenvalue weighted by Crippen LogP contribution is 2.34. The minimum atomic E-state index is -4.55. The number of hydrogen-bond donors (Lipinski definition) is 1. The zero-order chi connectivity index (χ0) is 21.7. The first-order valence-corrected chi connectivity index (χ1v) is 10.6. The maximum absolute atomic E-state index is 13.0. The lowest BCUT2D eigenvalue weighted by molar-refractivity contribution is -0.137. The van der Waals surface area contributed by atoms with Gasteiger partial charge in [-0.3, -0.25) is 19.3 Å². The molecule has 164 valence electrons. The lowest BCUT2D eigenvalue weighted by Crippen LogP contribution is -2.50. The van der Waals surface area contributed by atoms with Crippen molar-refractivity contribution in [1.82, 2.24) is 14.7 Å². The van der Waals surface area contributed by atoms with E-state index in [2.05, 4.69) is 5.32 Å².